The minimum atomic E-state index is 0.483. The topological polar surface area (TPSA) is 24.1 Å². The van der Waals surface area contributed by atoms with Crippen molar-refractivity contribution in [3.8, 4) is 0 Å². The molecule has 0 aromatic rings. The summed E-state index contributed by atoms with van der Waals surface area (Å²) in [4.78, 5) is 0. The van der Waals surface area contributed by atoms with Crippen LogP contribution in [0.25, 0.3) is 0 Å². The van der Waals surface area contributed by atoms with Gasteiger partial charge in [0, 0.05) is 24.2 Å². The van der Waals surface area contributed by atoms with Gasteiger partial charge in [-0.3, -0.25) is 0 Å². The Labute approximate surface area is 93.2 Å². The molecule has 2 saturated carbocycles. The molecule has 2 unspecified atom stereocenters. The lowest BCUT2D eigenvalue weighted by atomic mass is 9.76. The number of hydrogen-bond donors (Lipinski definition) is 2. The number of rotatable bonds is 0. The van der Waals surface area contributed by atoms with Gasteiger partial charge in [-0.05, 0) is 25.7 Å². The Bertz CT molecular complexity index is 221. The van der Waals surface area contributed by atoms with Crippen LogP contribution in [0, 0.1) is 0 Å². The first-order chi connectivity index (χ1) is 7.38. The maximum Gasteiger partial charge on any atom is 0.0309 e. The smallest absolute Gasteiger partial charge is 0.0309 e. The van der Waals surface area contributed by atoms with Crippen molar-refractivity contribution in [3.05, 3.63) is 0 Å². The van der Waals surface area contributed by atoms with Crippen molar-refractivity contribution in [2.75, 3.05) is 6.54 Å². The fourth-order valence-electron chi connectivity index (χ4n) is 3.87. The van der Waals surface area contributed by atoms with E-state index in [4.69, 9.17) is 0 Å². The summed E-state index contributed by atoms with van der Waals surface area (Å²) in [6.07, 6.45) is 12.8. The molecule has 2 atom stereocenters. The summed E-state index contributed by atoms with van der Waals surface area (Å²) in [5.74, 6) is 0. The van der Waals surface area contributed by atoms with Crippen LogP contribution in [0.5, 0.6) is 0 Å². The highest BCUT2D eigenvalue weighted by atomic mass is 15.2. The summed E-state index contributed by atoms with van der Waals surface area (Å²) < 4.78 is 0. The largest absolute Gasteiger partial charge is 0.311 e. The van der Waals surface area contributed by atoms with Gasteiger partial charge in [0.25, 0.3) is 0 Å². The highest BCUT2D eigenvalue weighted by molar-refractivity contribution is 5.03. The first-order valence-corrected chi connectivity index (χ1v) is 6.89. The molecule has 1 aliphatic heterocycles. The molecule has 15 heavy (non-hydrogen) atoms. The van der Waals surface area contributed by atoms with Crippen LogP contribution in [0.3, 0.4) is 0 Å². The molecule has 0 bridgehead atoms. The second kappa shape index (κ2) is 4.06. The number of fused-ring (bicyclic) bond motifs is 1. The van der Waals surface area contributed by atoms with E-state index in [1.54, 1.807) is 0 Å². The summed E-state index contributed by atoms with van der Waals surface area (Å²) in [5.41, 5.74) is 0.483. The van der Waals surface area contributed by atoms with Crippen molar-refractivity contribution in [1.29, 1.82) is 0 Å². The number of hydrogen-bond acceptors (Lipinski definition) is 2. The third-order valence-electron chi connectivity index (χ3n) is 4.77. The highest BCUT2D eigenvalue weighted by Gasteiger charge is 2.40. The van der Waals surface area contributed by atoms with E-state index in [0.717, 1.165) is 12.1 Å². The Hall–Kier alpha value is -0.0800. The third-order valence-corrected chi connectivity index (χ3v) is 4.77. The van der Waals surface area contributed by atoms with Crippen LogP contribution < -0.4 is 10.6 Å². The molecule has 3 rings (SSSR count). The van der Waals surface area contributed by atoms with E-state index >= 15 is 0 Å². The van der Waals surface area contributed by atoms with Crippen LogP contribution in [0.15, 0.2) is 0 Å². The minimum Gasteiger partial charge on any atom is -0.311 e. The van der Waals surface area contributed by atoms with Gasteiger partial charge in [-0.1, -0.05) is 32.1 Å². The van der Waals surface area contributed by atoms with Crippen molar-refractivity contribution in [2.45, 2.75) is 75.4 Å². The highest BCUT2D eigenvalue weighted by Crippen LogP contribution is 2.33. The van der Waals surface area contributed by atoms with Gasteiger partial charge in [0.05, 0.1) is 0 Å². The quantitative estimate of drug-likeness (QED) is 0.637. The summed E-state index contributed by atoms with van der Waals surface area (Å²) in [6.45, 7) is 1.23. The van der Waals surface area contributed by atoms with Gasteiger partial charge in [0.2, 0.25) is 0 Å². The molecule has 1 saturated heterocycles. The third kappa shape index (κ3) is 1.94. The maximum absolute atomic E-state index is 4.01. The van der Waals surface area contributed by atoms with Crippen molar-refractivity contribution in [1.82, 2.24) is 10.6 Å². The van der Waals surface area contributed by atoms with E-state index in [0.29, 0.717) is 5.54 Å². The number of nitrogens with one attached hydrogen (secondary N) is 2. The zero-order chi connectivity index (χ0) is 10.1. The van der Waals surface area contributed by atoms with Crippen LogP contribution in [-0.4, -0.2) is 24.2 Å². The normalized spacial score (nSPS) is 40.0. The van der Waals surface area contributed by atoms with Crippen molar-refractivity contribution >= 4 is 0 Å². The molecule has 2 N–H and O–H groups in total. The summed E-state index contributed by atoms with van der Waals surface area (Å²) in [7, 11) is 0. The van der Waals surface area contributed by atoms with Gasteiger partial charge in [0.1, 0.15) is 0 Å². The van der Waals surface area contributed by atoms with Gasteiger partial charge in [-0.2, -0.15) is 0 Å². The molecule has 2 nitrogen and oxygen atoms in total. The second-order valence-electron chi connectivity index (χ2n) is 5.86. The lowest BCUT2D eigenvalue weighted by molar-refractivity contribution is 0.113. The van der Waals surface area contributed by atoms with Gasteiger partial charge in [0.15, 0.2) is 0 Å². The zero-order valence-corrected chi connectivity index (χ0v) is 9.73. The fraction of sp³-hybridized carbons (Fsp3) is 1.00. The molecule has 0 aromatic heterocycles. The van der Waals surface area contributed by atoms with E-state index in [2.05, 4.69) is 10.6 Å². The monoisotopic (exact) mass is 208 g/mol. The zero-order valence-electron chi connectivity index (χ0n) is 9.73. The summed E-state index contributed by atoms with van der Waals surface area (Å²) in [6, 6.07) is 1.57. The van der Waals surface area contributed by atoms with E-state index in [-0.39, 0.29) is 0 Å². The molecule has 1 spiro atoms. The Balaban J connectivity index is 1.68. The Morgan fingerprint density at radius 3 is 2.33 bits per heavy atom. The van der Waals surface area contributed by atoms with Gasteiger partial charge < -0.3 is 10.6 Å². The molecule has 0 amide bonds. The van der Waals surface area contributed by atoms with Gasteiger partial charge in [-0.25, -0.2) is 0 Å². The maximum atomic E-state index is 4.01. The number of piperazine rings is 1. The molecule has 3 aliphatic rings. The van der Waals surface area contributed by atoms with Gasteiger partial charge >= 0.3 is 0 Å². The van der Waals surface area contributed by atoms with Crippen LogP contribution in [0.2, 0.25) is 0 Å². The van der Waals surface area contributed by atoms with Crippen LogP contribution in [-0.2, 0) is 0 Å². The average molecular weight is 208 g/mol. The Morgan fingerprint density at radius 1 is 0.800 bits per heavy atom. The van der Waals surface area contributed by atoms with Crippen molar-refractivity contribution < 1.29 is 0 Å². The lowest BCUT2D eigenvalue weighted by Crippen LogP contribution is -2.68. The van der Waals surface area contributed by atoms with E-state index in [1.807, 2.05) is 0 Å². The Morgan fingerprint density at radius 2 is 1.53 bits per heavy atom. The summed E-state index contributed by atoms with van der Waals surface area (Å²) in [5, 5.41) is 7.83. The minimum absolute atomic E-state index is 0.483. The first kappa shape index (κ1) is 10.1. The predicted octanol–water partition coefficient (Wildman–Crippen LogP) is 2.19. The Kier molecular flexibility index (Phi) is 2.73. The lowest BCUT2D eigenvalue weighted by Gasteiger charge is -2.50. The second-order valence-corrected chi connectivity index (χ2v) is 5.86. The molecule has 0 aromatic carbocycles. The van der Waals surface area contributed by atoms with Gasteiger partial charge in [-0.15, -0.1) is 0 Å². The molecule has 0 radical (unpaired) electrons. The van der Waals surface area contributed by atoms with Crippen molar-refractivity contribution in [2.24, 2.45) is 0 Å². The molecular weight excluding hydrogens is 184 g/mol. The van der Waals surface area contributed by atoms with Crippen molar-refractivity contribution in [3.63, 3.8) is 0 Å². The van der Waals surface area contributed by atoms with E-state index < -0.39 is 0 Å². The molecule has 1 heterocycles. The SMILES string of the molecule is C1CCC2(CC1)CNC1CCCCC1N2. The molecule has 2 aliphatic carbocycles. The molecule has 3 fully saturated rings. The molecular formula is C13H24N2. The van der Waals surface area contributed by atoms with Crippen LogP contribution >= 0.6 is 0 Å². The van der Waals surface area contributed by atoms with Crippen LogP contribution in [0.4, 0.5) is 0 Å². The predicted molar refractivity (Wildman–Crippen MR) is 63.0 cm³/mol. The molecule has 2 heteroatoms. The summed E-state index contributed by atoms with van der Waals surface area (Å²) >= 11 is 0. The standard InChI is InChI=1S/C13H24N2/c1-4-8-13(9-5-1)10-14-11-6-2-3-7-12(11)15-13/h11-12,14-15H,1-10H2. The average Bonchev–Trinajstić information content (AvgIpc) is 2.30. The van der Waals surface area contributed by atoms with E-state index in [1.165, 1.54) is 64.3 Å². The van der Waals surface area contributed by atoms with E-state index in [9.17, 15) is 0 Å². The van der Waals surface area contributed by atoms with Crippen LogP contribution in [0.1, 0.15) is 57.8 Å². The molecule has 86 valence electrons. The first-order valence-electron chi connectivity index (χ1n) is 6.89. The fourth-order valence-corrected chi connectivity index (χ4v) is 3.87.